The first kappa shape index (κ1) is 12.2. The van der Waals surface area contributed by atoms with E-state index in [0.717, 1.165) is 13.0 Å². The summed E-state index contributed by atoms with van der Waals surface area (Å²) in [4.78, 5) is 2.18. The van der Waals surface area contributed by atoms with E-state index in [1.54, 1.807) is 7.11 Å². The van der Waals surface area contributed by atoms with Gasteiger partial charge in [0, 0.05) is 13.7 Å². The lowest BCUT2D eigenvalue weighted by atomic mass is 10.0. The maximum Gasteiger partial charge on any atom is 0.0984 e. The molecule has 2 nitrogen and oxygen atoms in total. The summed E-state index contributed by atoms with van der Waals surface area (Å²) < 4.78 is 5.07. The molecule has 84 valence electrons. The average Bonchev–Trinajstić information content (AvgIpc) is 2.17. The number of hydrogen-bond donors (Lipinski definition) is 0. The van der Waals surface area contributed by atoms with Crippen LogP contribution in [0.5, 0.6) is 0 Å². The standard InChI is InChI=1S/C13H21NO/c1-11-5-6-13(12(2)9-11)7-8-14(3)10-15-4/h5-6,9H,7-8,10H2,1-4H3. The molecule has 0 heterocycles. The Labute approximate surface area is 92.9 Å². The van der Waals surface area contributed by atoms with Gasteiger partial charge in [-0.25, -0.2) is 0 Å². The molecule has 0 spiro atoms. The molecule has 0 aliphatic rings. The fourth-order valence-corrected chi connectivity index (χ4v) is 1.72. The van der Waals surface area contributed by atoms with E-state index in [0.29, 0.717) is 6.73 Å². The molecule has 0 atom stereocenters. The van der Waals surface area contributed by atoms with Crippen LogP contribution in [-0.2, 0) is 11.2 Å². The molecule has 0 aliphatic heterocycles. The number of nitrogens with zero attached hydrogens (tertiary/aromatic N) is 1. The summed E-state index contributed by atoms with van der Waals surface area (Å²) in [6.07, 6.45) is 1.09. The number of likely N-dealkylation sites (N-methyl/N-ethyl adjacent to an activating group) is 1. The normalized spacial score (nSPS) is 11.0. The molecular formula is C13H21NO. The molecule has 0 fully saturated rings. The zero-order valence-corrected chi connectivity index (χ0v) is 10.2. The third-order valence-corrected chi connectivity index (χ3v) is 2.61. The van der Waals surface area contributed by atoms with Crippen LogP contribution >= 0.6 is 0 Å². The zero-order chi connectivity index (χ0) is 11.3. The van der Waals surface area contributed by atoms with Gasteiger partial charge < -0.3 is 4.74 Å². The molecule has 0 aliphatic carbocycles. The van der Waals surface area contributed by atoms with Crippen LogP contribution in [0.25, 0.3) is 0 Å². The van der Waals surface area contributed by atoms with Gasteiger partial charge >= 0.3 is 0 Å². The van der Waals surface area contributed by atoms with E-state index < -0.39 is 0 Å². The molecule has 0 bridgehead atoms. The van der Waals surface area contributed by atoms with Crippen molar-refractivity contribution in [3.63, 3.8) is 0 Å². The fraction of sp³-hybridized carbons (Fsp3) is 0.538. The van der Waals surface area contributed by atoms with Crippen LogP contribution in [0.1, 0.15) is 16.7 Å². The van der Waals surface area contributed by atoms with Crippen molar-refractivity contribution >= 4 is 0 Å². The summed E-state index contributed by atoms with van der Waals surface area (Å²) in [5, 5.41) is 0. The lowest BCUT2D eigenvalue weighted by molar-refractivity contribution is 0.0827. The molecular weight excluding hydrogens is 186 g/mol. The van der Waals surface area contributed by atoms with Crippen LogP contribution in [0.4, 0.5) is 0 Å². The van der Waals surface area contributed by atoms with Gasteiger partial charge in [-0.05, 0) is 38.4 Å². The van der Waals surface area contributed by atoms with Crippen molar-refractivity contribution in [1.29, 1.82) is 0 Å². The smallest absolute Gasteiger partial charge is 0.0984 e. The van der Waals surface area contributed by atoms with Crippen LogP contribution in [0.15, 0.2) is 18.2 Å². The monoisotopic (exact) mass is 207 g/mol. The summed E-state index contributed by atoms with van der Waals surface area (Å²) in [6.45, 7) is 6.05. The predicted octanol–water partition coefficient (Wildman–Crippen LogP) is 2.38. The molecule has 0 unspecified atom stereocenters. The Balaban J connectivity index is 2.50. The number of hydrogen-bond acceptors (Lipinski definition) is 2. The Morgan fingerprint density at radius 3 is 2.60 bits per heavy atom. The summed E-state index contributed by atoms with van der Waals surface area (Å²) in [5.74, 6) is 0. The molecule has 0 amide bonds. The van der Waals surface area contributed by atoms with E-state index in [4.69, 9.17) is 4.74 Å². The highest BCUT2D eigenvalue weighted by atomic mass is 16.5. The topological polar surface area (TPSA) is 12.5 Å². The van der Waals surface area contributed by atoms with Gasteiger partial charge in [0.25, 0.3) is 0 Å². The number of aryl methyl sites for hydroxylation is 2. The van der Waals surface area contributed by atoms with Crippen molar-refractivity contribution in [2.75, 3.05) is 27.4 Å². The first-order valence-corrected chi connectivity index (χ1v) is 5.37. The van der Waals surface area contributed by atoms with Gasteiger partial charge in [-0.15, -0.1) is 0 Å². The molecule has 1 rings (SSSR count). The first-order valence-electron chi connectivity index (χ1n) is 5.37. The number of methoxy groups -OCH3 is 1. The Kier molecular flexibility index (Phi) is 4.79. The lowest BCUT2D eigenvalue weighted by Crippen LogP contribution is -2.23. The summed E-state index contributed by atoms with van der Waals surface area (Å²) >= 11 is 0. The van der Waals surface area contributed by atoms with Crippen LogP contribution in [-0.4, -0.2) is 32.3 Å². The van der Waals surface area contributed by atoms with Crippen LogP contribution < -0.4 is 0 Å². The quantitative estimate of drug-likeness (QED) is 0.687. The minimum Gasteiger partial charge on any atom is -0.369 e. The molecule has 0 saturated heterocycles. The van der Waals surface area contributed by atoms with Gasteiger partial charge in [0.05, 0.1) is 6.73 Å². The van der Waals surface area contributed by atoms with Crippen LogP contribution in [0, 0.1) is 13.8 Å². The van der Waals surface area contributed by atoms with Crippen molar-refractivity contribution in [3.8, 4) is 0 Å². The third-order valence-electron chi connectivity index (χ3n) is 2.61. The van der Waals surface area contributed by atoms with Crippen molar-refractivity contribution in [3.05, 3.63) is 34.9 Å². The van der Waals surface area contributed by atoms with Crippen molar-refractivity contribution < 1.29 is 4.74 Å². The van der Waals surface area contributed by atoms with E-state index in [-0.39, 0.29) is 0 Å². The number of rotatable bonds is 5. The minimum atomic E-state index is 0.699. The van der Waals surface area contributed by atoms with Crippen molar-refractivity contribution in [1.82, 2.24) is 4.90 Å². The Morgan fingerprint density at radius 1 is 1.27 bits per heavy atom. The molecule has 0 N–H and O–H groups in total. The van der Waals surface area contributed by atoms with Gasteiger partial charge in [-0.1, -0.05) is 23.8 Å². The van der Waals surface area contributed by atoms with E-state index in [1.165, 1.54) is 16.7 Å². The number of benzene rings is 1. The van der Waals surface area contributed by atoms with E-state index in [9.17, 15) is 0 Å². The molecule has 1 aromatic rings. The molecule has 1 aromatic carbocycles. The zero-order valence-electron chi connectivity index (χ0n) is 10.2. The molecule has 0 radical (unpaired) electrons. The second-order valence-electron chi connectivity index (χ2n) is 4.18. The van der Waals surface area contributed by atoms with Gasteiger partial charge in [0.15, 0.2) is 0 Å². The fourth-order valence-electron chi connectivity index (χ4n) is 1.72. The maximum absolute atomic E-state index is 5.07. The molecule has 0 aromatic heterocycles. The highest BCUT2D eigenvalue weighted by molar-refractivity contribution is 5.30. The lowest BCUT2D eigenvalue weighted by Gasteiger charge is -2.16. The predicted molar refractivity (Wildman–Crippen MR) is 64.1 cm³/mol. The van der Waals surface area contributed by atoms with Crippen LogP contribution in [0.2, 0.25) is 0 Å². The number of ether oxygens (including phenoxy) is 1. The second kappa shape index (κ2) is 5.89. The van der Waals surface area contributed by atoms with Gasteiger partial charge in [0.2, 0.25) is 0 Å². The Hall–Kier alpha value is -0.860. The second-order valence-corrected chi connectivity index (χ2v) is 4.18. The van der Waals surface area contributed by atoms with E-state index in [2.05, 4.69) is 44.0 Å². The Morgan fingerprint density at radius 2 is 2.00 bits per heavy atom. The first-order chi connectivity index (χ1) is 7.13. The van der Waals surface area contributed by atoms with Crippen molar-refractivity contribution in [2.45, 2.75) is 20.3 Å². The molecule has 15 heavy (non-hydrogen) atoms. The molecule has 2 heteroatoms. The van der Waals surface area contributed by atoms with E-state index in [1.807, 2.05) is 0 Å². The van der Waals surface area contributed by atoms with Gasteiger partial charge in [-0.3, -0.25) is 4.90 Å². The summed E-state index contributed by atoms with van der Waals surface area (Å²) in [5.41, 5.74) is 4.16. The maximum atomic E-state index is 5.07. The SMILES string of the molecule is COCN(C)CCc1ccc(C)cc1C. The van der Waals surface area contributed by atoms with Crippen LogP contribution in [0.3, 0.4) is 0 Å². The third kappa shape index (κ3) is 4.02. The average molecular weight is 207 g/mol. The Bertz CT molecular complexity index is 309. The highest BCUT2D eigenvalue weighted by Crippen LogP contribution is 2.11. The molecule has 0 saturated carbocycles. The largest absolute Gasteiger partial charge is 0.369 e. The minimum absolute atomic E-state index is 0.699. The van der Waals surface area contributed by atoms with E-state index >= 15 is 0 Å². The summed E-state index contributed by atoms with van der Waals surface area (Å²) in [7, 11) is 3.81. The summed E-state index contributed by atoms with van der Waals surface area (Å²) in [6, 6.07) is 6.65. The van der Waals surface area contributed by atoms with Gasteiger partial charge in [-0.2, -0.15) is 0 Å². The van der Waals surface area contributed by atoms with Crippen molar-refractivity contribution in [2.24, 2.45) is 0 Å². The van der Waals surface area contributed by atoms with Gasteiger partial charge in [0.1, 0.15) is 0 Å². The highest BCUT2D eigenvalue weighted by Gasteiger charge is 2.01.